The number of benzene rings is 2. The van der Waals surface area contributed by atoms with Crippen LogP contribution < -0.4 is 10.2 Å². The van der Waals surface area contributed by atoms with Crippen LogP contribution in [0.3, 0.4) is 0 Å². The minimum Gasteiger partial charge on any atom is -0.367 e. The fourth-order valence-corrected chi connectivity index (χ4v) is 5.64. The molecule has 2 amide bonds. The highest BCUT2D eigenvalue weighted by molar-refractivity contribution is 7.89. The van der Waals surface area contributed by atoms with Gasteiger partial charge in [-0.1, -0.05) is 25.0 Å². The van der Waals surface area contributed by atoms with E-state index in [-0.39, 0.29) is 29.8 Å². The largest absolute Gasteiger partial charge is 0.367 e. The fourth-order valence-electron chi connectivity index (χ4n) is 4.21. The van der Waals surface area contributed by atoms with Gasteiger partial charge in [0.25, 0.3) is 0 Å². The Kier molecular flexibility index (Phi) is 6.95. The lowest BCUT2D eigenvalue weighted by molar-refractivity contribution is 0.214. The van der Waals surface area contributed by atoms with Gasteiger partial charge in [-0.3, -0.25) is 0 Å². The van der Waals surface area contributed by atoms with Crippen molar-refractivity contribution in [3.8, 4) is 0 Å². The smallest absolute Gasteiger partial charge is 0.321 e. The van der Waals surface area contributed by atoms with E-state index in [0.29, 0.717) is 24.5 Å². The Hall–Kier alpha value is -2.65. The van der Waals surface area contributed by atoms with Gasteiger partial charge in [0.1, 0.15) is 5.82 Å². The summed E-state index contributed by atoms with van der Waals surface area (Å²) in [6.07, 6.45) is 4.30. The summed E-state index contributed by atoms with van der Waals surface area (Å²) in [4.78, 5) is 16.3. The summed E-state index contributed by atoms with van der Waals surface area (Å²) in [5.41, 5.74) is 1.07. The van der Waals surface area contributed by atoms with Crippen LogP contribution >= 0.6 is 0 Å². The summed E-state index contributed by atoms with van der Waals surface area (Å²) in [7, 11) is -3.66. The number of anilines is 2. The molecule has 2 aliphatic heterocycles. The molecule has 9 heteroatoms. The molecule has 0 saturated carbocycles. The third-order valence-corrected chi connectivity index (χ3v) is 7.98. The van der Waals surface area contributed by atoms with Crippen LogP contribution in [0.15, 0.2) is 53.4 Å². The highest BCUT2D eigenvalue weighted by atomic mass is 32.2. The summed E-state index contributed by atoms with van der Waals surface area (Å²) in [5.74, 6) is -0.304. The Morgan fingerprint density at radius 1 is 0.812 bits per heavy atom. The fraction of sp³-hybridized carbons (Fsp3) is 0.435. The van der Waals surface area contributed by atoms with E-state index in [4.69, 9.17) is 0 Å². The first-order chi connectivity index (χ1) is 15.4. The quantitative estimate of drug-likeness (QED) is 0.754. The molecule has 0 aromatic heterocycles. The number of nitrogens with one attached hydrogen (secondary N) is 1. The van der Waals surface area contributed by atoms with Gasteiger partial charge in [0, 0.05) is 45.0 Å². The molecule has 0 radical (unpaired) electrons. The Morgan fingerprint density at radius 2 is 1.44 bits per heavy atom. The number of rotatable bonds is 4. The van der Waals surface area contributed by atoms with E-state index in [9.17, 15) is 17.6 Å². The normalized spacial score (nSPS) is 18.3. The van der Waals surface area contributed by atoms with E-state index in [1.165, 1.54) is 22.5 Å². The second kappa shape index (κ2) is 9.87. The van der Waals surface area contributed by atoms with Crippen molar-refractivity contribution in [2.75, 3.05) is 49.5 Å². The van der Waals surface area contributed by atoms with E-state index in [1.807, 2.05) is 9.80 Å². The van der Waals surface area contributed by atoms with Crippen molar-refractivity contribution < 1.29 is 17.6 Å². The number of piperazine rings is 1. The number of carbonyl (C=O) groups excluding carboxylic acids is 1. The molecule has 2 aromatic carbocycles. The van der Waals surface area contributed by atoms with Crippen molar-refractivity contribution in [2.45, 2.75) is 30.6 Å². The Morgan fingerprint density at radius 3 is 2.06 bits per heavy atom. The third kappa shape index (κ3) is 5.05. The maximum absolute atomic E-state index is 14.0. The van der Waals surface area contributed by atoms with Crippen LogP contribution in [-0.4, -0.2) is 62.9 Å². The molecular formula is C23H29FN4O3S. The molecule has 7 nitrogen and oxygen atoms in total. The summed E-state index contributed by atoms with van der Waals surface area (Å²) >= 11 is 0. The number of para-hydroxylation sites is 1. The SMILES string of the molecule is O=C(Nc1ccc(S(=O)(=O)N2CCN(c3ccccc3F)CC2)cc1)N1CCCCCC1. The van der Waals surface area contributed by atoms with Gasteiger partial charge in [-0.25, -0.2) is 17.6 Å². The summed E-state index contributed by atoms with van der Waals surface area (Å²) in [5, 5.41) is 2.86. The number of hydrogen-bond acceptors (Lipinski definition) is 4. The van der Waals surface area contributed by atoms with Gasteiger partial charge in [-0.2, -0.15) is 4.31 Å². The predicted octanol–water partition coefficient (Wildman–Crippen LogP) is 3.74. The van der Waals surface area contributed by atoms with Crippen molar-refractivity contribution >= 4 is 27.4 Å². The Bertz CT molecular complexity index is 1030. The monoisotopic (exact) mass is 460 g/mol. The lowest BCUT2D eigenvalue weighted by Crippen LogP contribution is -2.48. The average Bonchev–Trinajstić information content (AvgIpc) is 3.10. The standard InChI is InChI=1S/C23H29FN4O3S/c24-21-7-3-4-8-22(21)26-15-17-28(18-16-26)32(30,31)20-11-9-19(10-12-20)25-23(29)27-13-5-1-2-6-14-27/h3-4,7-12H,1-2,5-6,13-18H2,(H,25,29). The van der Waals surface area contributed by atoms with Crippen LogP contribution in [0.4, 0.5) is 20.6 Å². The van der Waals surface area contributed by atoms with Gasteiger partial charge < -0.3 is 15.1 Å². The number of sulfonamides is 1. The molecule has 0 unspecified atom stereocenters. The van der Waals surface area contributed by atoms with Gasteiger partial charge in [0.05, 0.1) is 10.6 Å². The predicted molar refractivity (Wildman–Crippen MR) is 123 cm³/mol. The second-order valence-electron chi connectivity index (χ2n) is 8.20. The summed E-state index contributed by atoms with van der Waals surface area (Å²) in [6, 6.07) is 12.7. The maximum atomic E-state index is 14.0. The molecule has 0 bridgehead atoms. The molecule has 1 N–H and O–H groups in total. The molecule has 2 fully saturated rings. The van der Waals surface area contributed by atoms with Crippen molar-refractivity contribution in [2.24, 2.45) is 0 Å². The van der Waals surface area contributed by atoms with Crippen LogP contribution in [0.25, 0.3) is 0 Å². The highest BCUT2D eigenvalue weighted by Crippen LogP contribution is 2.24. The zero-order valence-corrected chi connectivity index (χ0v) is 18.9. The zero-order chi connectivity index (χ0) is 22.6. The second-order valence-corrected chi connectivity index (χ2v) is 10.1. The number of amides is 2. The zero-order valence-electron chi connectivity index (χ0n) is 18.0. The molecule has 2 saturated heterocycles. The van der Waals surface area contributed by atoms with E-state index in [0.717, 1.165) is 38.8 Å². The molecular weight excluding hydrogens is 431 g/mol. The number of carbonyl (C=O) groups is 1. The van der Waals surface area contributed by atoms with Gasteiger partial charge in [-0.05, 0) is 49.2 Å². The van der Waals surface area contributed by atoms with Crippen molar-refractivity contribution in [3.63, 3.8) is 0 Å². The van der Waals surface area contributed by atoms with Crippen molar-refractivity contribution in [1.82, 2.24) is 9.21 Å². The van der Waals surface area contributed by atoms with Gasteiger partial charge in [-0.15, -0.1) is 0 Å². The highest BCUT2D eigenvalue weighted by Gasteiger charge is 2.29. The van der Waals surface area contributed by atoms with Gasteiger partial charge in [0.15, 0.2) is 0 Å². The van der Waals surface area contributed by atoms with Gasteiger partial charge in [0.2, 0.25) is 10.0 Å². The maximum Gasteiger partial charge on any atom is 0.321 e. The summed E-state index contributed by atoms with van der Waals surface area (Å²) in [6.45, 7) is 2.90. The first-order valence-electron chi connectivity index (χ1n) is 11.1. The number of likely N-dealkylation sites (tertiary alicyclic amines) is 1. The molecule has 0 spiro atoms. The molecule has 4 rings (SSSR count). The Balaban J connectivity index is 1.37. The van der Waals surface area contributed by atoms with Crippen molar-refractivity contribution in [1.29, 1.82) is 0 Å². The summed E-state index contributed by atoms with van der Waals surface area (Å²) < 4.78 is 41.6. The van der Waals surface area contributed by atoms with Crippen LogP contribution in [0.5, 0.6) is 0 Å². The molecule has 172 valence electrons. The third-order valence-electron chi connectivity index (χ3n) is 6.07. The molecule has 2 aliphatic rings. The Labute approximate surface area is 188 Å². The van der Waals surface area contributed by atoms with Crippen LogP contribution in [0.2, 0.25) is 0 Å². The minimum atomic E-state index is -3.66. The minimum absolute atomic E-state index is 0.147. The molecule has 2 heterocycles. The van der Waals surface area contributed by atoms with Crippen LogP contribution in [-0.2, 0) is 10.0 Å². The average molecular weight is 461 g/mol. The van der Waals surface area contributed by atoms with Crippen LogP contribution in [0.1, 0.15) is 25.7 Å². The lowest BCUT2D eigenvalue weighted by Gasteiger charge is -2.35. The first-order valence-corrected chi connectivity index (χ1v) is 12.5. The lowest BCUT2D eigenvalue weighted by atomic mass is 10.2. The number of urea groups is 1. The number of halogens is 1. The molecule has 0 aliphatic carbocycles. The van der Waals surface area contributed by atoms with E-state index in [2.05, 4.69) is 5.32 Å². The first kappa shape index (κ1) is 22.5. The van der Waals surface area contributed by atoms with E-state index in [1.54, 1.807) is 30.3 Å². The topological polar surface area (TPSA) is 73.0 Å². The number of nitrogens with zero attached hydrogens (tertiary/aromatic N) is 3. The number of hydrogen-bond donors (Lipinski definition) is 1. The molecule has 2 aromatic rings. The molecule has 0 atom stereocenters. The van der Waals surface area contributed by atoms with E-state index >= 15 is 0 Å². The molecule has 32 heavy (non-hydrogen) atoms. The van der Waals surface area contributed by atoms with E-state index < -0.39 is 10.0 Å². The van der Waals surface area contributed by atoms with Crippen molar-refractivity contribution in [3.05, 3.63) is 54.3 Å². The van der Waals surface area contributed by atoms with Gasteiger partial charge >= 0.3 is 6.03 Å². The van der Waals surface area contributed by atoms with Crippen LogP contribution in [0, 0.1) is 5.82 Å².